The molecule has 7 nitrogen and oxygen atoms in total. The van der Waals surface area contributed by atoms with Gasteiger partial charge in [-0.15, -0.1) is 10.2 Å². The van der Waals surface area contributed by atoms with Crippen molar-refractivity contribution in [1.82, 2.24) is 15.5 Å². The molecule has 1 aliphatic heterocycles. The second kappa shape index (κ2) is 8.16. The average molecular weight is 411 g/mol. The highest BCUT2D eigenvalue weighted by Crippen LogP contribution is 2.32. The van der Waals surface area contributed by atoms with E-state index in [1.807, 2.05) is 43.3 Å². The van der Waals surface area contributed by atoms with Gasteiger partial charge in [0.1, 0.15) is 0 Å². The molecule has 1 amide bonds. The maximum Gasteiger partial charge on any atom is 0.277 e. The van der Waals surface area contributed by atoms with Crippen molar-refractivity contribution in [1.29, 1.82) is 0 Å². The van der Waals surface area contributed by atoms with Crippen LogP contribution in [0.3, 0.4) is 0 Å². The number of hydrogen-bond acceptors (Lipinski definition) is 7. The van der Waals surface area contributed by atoms with Crippen molar-refractivity contribution in [3.05, 3.63) is 53.1 Å². The summed E-state index contributed by atoms with van der Waals surface area (Å²) in [7, 11) is 0. The van der Waals surface area contributed by atoms with Crippen molar-refractivity contribution in [3.8, 4) is 23.0 Å². The number of ether oxygens (including phenoxy) is 2. The third-order valence-corrected chi connectivity index (χ3v) is 5.65. The molecule has 4 rings (SSSR count). The molecule has 0 unspecified atom stereocenters. The van der Waals surface area contributed by atoms with Gasteiger partial charge in [-0.3, -0.25) is 4.79 Å². The molecule has 1 aromatic heterocycles. The SMILES string of the molecule is Cc1ccc(-c2nnc(S[C@@H](C)C(=O)NCc3ccc4c(c3)OCO4)o2)cc1C. The van der Waals surface area contributed by atoms with Crippen LogP contribution in [0.2, 0.25) is 0 Å². The molecule has 0 aliphatic carbocycles. The fourth-order valence-electron chi connectivity index (χ4n) is 2.84. The molecule has 1 atom stereocenters. The van der Waals surface area contributed by atoms with E-state index >= 15 is 0 Å². The summed E-state index contributed by atoms with van der Waals surface area (Å²) in [6.45, 7) is 6.53. The Morgan fingerprint density at radius 1 is 1.10 bits per heavy atom. The number of thioether (sulfide) groups is 1. The van der Waals surface area contributed by atoms with E-state index in [1.165, 1.54) is 17.3 Å². The average Bonchev–Trinajstić information content (AvgIpc) is 3.37. The van der Waals surface area contributed by atoms with Crippen LogP contribution in [0.5, 0.6) is 11.5 Å². The molecule has 29 heavy (non-hydrogen) atoms. The van der Waals surface area contributed by atoms with Crippen LogP contribution >= 0.6 is 11.8 Å². The molecule has 0 fully saturated rings. The summed E-state index contributed by atoms with van der Waals surface area (Å²) in [6.07, 6.45) is 0. The van der Waals surface area contributed by atoms with Crippen LogP contribution in [0, 0.1) is 13.8 Å². The number of hydrogen-bond donors (Lipinski definition) is 1. The minimum absolute atomic E-state index is 0.112. The van der Waals surface area contributed by atoms with Crippen LogP contribution in [-0.2, 0) is 11.3 Å². The van der Waals surface area contributed by atoms with Gasteiger partial charge < -0.3 is 19.2 Å². The Kier molecular flexibility index (Phi) is 5.44. The fraction of sp³-hybridized carbons (Fsp3) is 0.286. The maximum absolute atomic E-state index is 12.4. The Morgan fingerprint density at radius 2 is 1.93 bits per heavy atom. The lowest BCUT2D eigenvalue weighted by Crippen LogP contribution is -2.30. The molecule has 1 aliphatic rings. The molecule has 3 aromatic rings. The van der Waals surface area contributed by atoms with Crippen molar-refractivity contribution in [2.45, 2.75) is 37.8 Å². The van der Waals surface area contributed by atoms with Crippen molar-refractivity contribution >= 4 is 17.7 Å². The molecule has 0 radical (unpaired) electrons. The normalized spacial score (nSPS) is 13.3. The van der Waals surface area contributed by atoms with E-state index in [2.05, 4.69) is 22.4 Å². The number of amides is 1. The lowest BCUT2D eigenvalue weighted by molar-refractivity contribution is -0.120. The van der Waals surface area contributed by atoms with Gasteiger partial charge in [-0.1, -0.05) is 23.9 Å². The zero-order valence-electron chi connectivity index (χ0n) is 16.4. The Bertz CT molecular complexity index is 1050. The predicted molar refractivity (Wildman–Crippen MR) is 109 cm³/mol. The first-order valence-electron chi connectivity index (χ1n) is 9.23. The zero-order valence-corrected chi connectivity index (χ0v) is 17.2. The molecule has 0 saturated heterocycles. The lowest BCUT2D eigenvalue weighted by atomic mass is 10.1. The highest BCUT2D eigenvalue weighted by atomic mass is 32.2. The lowest BCUT2D eigenvalue weighted by Gasteiger charge is -2.10. The van der Waals surface area contributed by atoms with Crippen LogP contribution in [0.15, 0.2) is 46.0 Å². The summed E-state index contributed by atoms with van der Waals surface area (Å²) in [5, 5.41) is 11.1. The van der Waals surface area contributed by atoms with E-state index in [1.54, 1.807) is 6.92 Å². The minimum Gasteiger partial charge on any atom is -0.454 e. The van der Waals surface area contributed by atoms with E-state index in [9.17, 15) is 4.79 Å². The summed E-state index contributed by atoms with van der Waals surface area (Å²) in [6, 6.07) is 11.6. The summed E-state index contributed by atoms with van der Waals surface area (Å²) < 4.78 is 16.4. The van der Waals surface area contributed by atoms with E-state index in [4.69, 9.17) is 13.9 Å². The maximum atomic E-state index is 12.4. The largest absolute Gasteiger partial charge is 0.454 e. The first kappa shape index (κ1) is 19.3. The summed E-state index contributed by atoms with van der Waals surface area (Å²) in [5.74, 6) is 1.76. The van der Waals surface area contributed by atoms with Crippen molar-refractivity contribution < 1.29 is 18.7 Å². The molecule has 2 aromatic carbocycles. The monoisotopic (exact) mass is 411 g/mol. The third kappa shape index (κ3) is 4.37. The number of nitrogens with zero attached hydrogens (tertiary/aromatic N) is 2. The summed E-state index contributed by atoms with van der Waals surface area (Å²) >= 11 is 1.23. The molecular formula is C21H21N3O4S. The summed E-state index contributed by atoms with van der Waals surface area (Å²) in [4.78, 5) is 12.4. The van der Waals surface area contributed by atoms with Gasteiger partial charge >= 0.3 is 0 Å². The second-order valence-corrected chi connectivity index (χ2v) is 8.13. The van der Waals surface area contributed by atoms with Crippen LogP contribution in [0.4, 0.5) is 0 Å². The van der Waals surface area contributed by atoms with Gasteiger partial charge in [0.25, 0.3) is 5.22 Å². The topological polar surface area (TPSA) is 86.5 Å². The summed E-state index contributed by atoms with van der Waals surface area (Å²) in [5.41, 5.74) is 4.17. The standard InChI is InChI=1S/C21H21N3O4S/c1-12-4-6-16(8-13(12)2)20-23-24-21(28-20)29-14(3)19(25)22-10-15-5-7-17-18(9-15)27-11-26-17/h4-9,14H,10-11H2,1-3H3,(H,22,25)/t14-/m0/s1. The van der Waals surface area contributed by atoms with Gasteiger partial charge in [0.2, 0.25) is 18.6 Å². The number of fused-ring (bicyclic) bond motifs is 1. The fourth-order valence-corrected chi connectivity index (χ4v) is 3.54. The number of carbonyl (C=O) groups excluding carboxylic acids is 1. The zero-order chi connectivity index (χ0) is 20.4. The first-order chi connectivity index (χ1) is 14.0. The van der Waals surface area contributed by atoms with Crippen molar-refractivity contribution in [2.75, 3.05) is 6.79 Å². The number of aromatic nitrogens is 2. The Morgan fingerprint density at radius 3 is 2.76 bits per heavy atom. The van der Waals surface area contributed by atoms with Gasteiger partial charge in [-0.2, -0.15) is 0 Å². The minimum atomic E-state index is -0.378. The Hall–Kier alpha value is -3.00. The van der Waals surface area contributed by atoms with Crippen molar-refractivity contribution in [3.63, 3.8) is 0 Å². The van der Waals surface area contributed by atoms with Gasteiger partial charge in [0, 0.05) is 12.1 Å². The second-order valence-electron chi connectivity index (χ2n) is 6.84. The van der Waals surface area contributed by atoms with Gasteiger partial charge in [-0.05, 0) is 61.7 Å². The van der Waals surface area contributed by atoms with Gasteiger partial charge in [-0.25, -0.2) is 0 Å². The molecule has 0 saturated carbocycles. The Balaban J connectivity index is 1.34. The molecule has 1 N–H and O–H groups in total. The number of benzene rings is 2. The van der Waals surface area contributed by atoms with E-state index in [0.717, 1.165) is 22.4 Å². The first-order valence-corrected chi connectivity index (χ1v) is 10.1. The quantitative estimate of drug-likeness (QED) is 0.616. The number of carbonyl (C=O) groups is 1. The number of aryl methyl sites for hydroxylation is 2. The molecule has 0 spiro atoms. The Labute approximate surface area is 172 Å². The third-order valence-electron chi connectivity index (χ3n) is 4.71. The predicted octanol–water partition coefficient (Wildman–Crippen LogP) is 3.88. The smallest absolute Gasteiger partial charge is 0.277 e. The number of rotatable bonds is 6. The highest BCUT2D eigenvalue weighted by Gasteiger charge is 2.19. The van der Waals surface area contributed by atoms with Gasteiger partial charge in [0.15, 0.2) is 11.5 Å². The van der Waals surface area contributed by atoms with E-state index in [-0.39, 0.29) is 18.0 Å². The highest BCUT2D eigenvalue weighted by molar-refractivity contribution is 8.00. The van der Waals surface area contributed by atoms with Gasteiger partial charge in [0.05, 0.1) is 5.25 Å². The van der Waals surface area contributed by atoms with E-state index in [0.29, 0.717) is 23.4 Å². The van der Waals surface area contributed by atoms with Crippen LogP contribution in [-0.4, -0.2) is 28.1 Å². The molecule has 150 valence electrons. The van der Waals surface area contributed by atoms with Crippen LogP contribution in [0.25, 0.3) is 11.5 Å². The van der Waals surface area contributed by atoms with Crippen LogP contribution < -0.4 is 14.8 Å². The molecule has 2 heterocycles. The van der Waals surface area contributed by atoms with Crippen molar-refractivity contribution in [2.24, 2.45) is 0 Å². The molecular weight excluding hydrogens is 390 g/mol. The van der Waals surface area contributed by atoms with Crippen LogP contribution in [0.1, 0.15) is 23.6 Å². The number of nitrogens with one attached hydrogen (secondary N) is 1. The van der Waals surface area contributed by atoms with E-state index < -0.39 is 0 Å². The molecule has 0 bridgehead atoms. The molecule has 8 heteroatoms.